The number of nitrogens with one attached hydrogen (secondary N) is 1. The van der Waals surface area contributed by atoms with E-state index in [0.29, 0.717) is 6.54 Å². The fourth-order valence-electron chi connectivity index (χ4n) is 1.39. The lowest BCUT2D eigenvalue weighted by Crippen LogP contribution is -2.39. The van der Waals surface area contributed by atoms with E-state index in [1.54, 1.807) is 0 Å². The number of halogens is 2. The summed E-state index contributed by atoms with van der Waals surface area (Å²) in [5, 5.41) is 2.96. The van der Waals surface area contributed by atoms with Gasteiger partial charge in [0.1, 0.15) is 0 Å². The van der Waals surface area contributed by atoms with Gasteiger partial charge in [-0.05, 0) is 34.5 Å². The largest absolute Gasteiger partial charge is 0.347 e. The van der Waals surface area contributed by atoms with Crippen LogP contribution in [0.3, 0.4) is 0 Å². The summed E-state index contributed by atoms with van der Waals surface area (Å²) in [4.78, 5) is 12.5. The summed E-state index contributed by atoms with van der Waals surface area (Å²) in [7, 11) is 0. The minimum atomic E-state index is -0.0257. The first kappa shape index (κ1) is 16.9. The molecule has 1 heterocycles. The van der Waals surface area contributed by atoms with E-state index >= 15 is 0 Å². The summed E-state index contributed by atoms with van der Waals surface area (Å²) in [6.45, 7) is 2.63. The molecular weight excluding hydrogens is 324 g/mol. The number of thiophene rings is 1. The molecule has 98 valence electrons. The number of hydrogen-bond donors (Lipinski definition) is 2. The highest BCUT2D eigenvalue weighted by molar-refractivity contribution is 9.11. The minimum absolute atomic E-state index is 0. The third-order valence-corrected chi connectivity index (χ3v) is 3.95. The molecule has 0 fully saturated rings. The molecule has 17 heavy (non-hydrogen) atoms. The van der Waals surface area contributed by atoms with E-state index in [1.807, 2.05) is 12.1 Å². The highest BCUT2D eigenvalue weighted by Gasteiger charge is 2.13. The molecule has 3 N–H and O–H groups in total. The normalized spacial score (nSPS) is 11.7. The molecule has 3 nitrogen and oxygen atoms in total. The maximum Gasteiger partial charge on any atom is 0.261 e. The van der Waals surface area contributed by atoms with Gasteiger partial charge in [0.05, 0.1) is 8.66 Å². The molecule has 0 saturated heterocycles. The van der Waals surface area contributed by atoms with Crippen molar-refractivity contribution in [2.24, 2.45) is 5.73 Å². The molecule has 0 aliphatic rings. The molecule has 1 rings (SSSR count). The zero-order valence-electron chi connectivity index (χ0n) is 9.74. The molecule has 0 aliphatic heterocycles. The van der Waals surface area contributed by atoms with Gasteiger partial charge in [-0.15, -0.1) is 23.7 Å². The molecule has 0 radical (unpaired) electrons. The van der Waals surface area contributed by atoms with Crippen molar-refractivity contribution in [2.75, 3.05) is 6.54 Å². The number of carbonyl (C=O) groups excluding carboxylic acids is 1. The van der Waals surface area contributed by atoms with Crippen LogP contribution >= 0.6 is 39.7 Å². The highest BCUT2D eigenvalue weighted by Crippen LogP contribution is 2.21. The smallest absolute Gasteiger partial charge is 0.261 e. The standard InChI is InChI=1S/C11H17BrN2OS.ClH/c1-2-3-4-8(7-13)14-11(15)9-5-6-10(12)16-9;/h5-6,8H,2-4,7,13H2,1H3,(H,14,15);1H. The van der Waals surface area contributed by atoms with Crippen LogP contribution in [0.15, 0.2) is 15.9 Å². The number of nitrogens with two attached hydrogens (primary N) is 1. The molecule has 0 aromatic carbocycles. The lowest BCUT2D eigenvalue weighted by molar-refractivity contribution is 0.0940. The van der Waals surface area contributed by atoms with Crippen LogP contribution in [0.2, 0.25) is 0 Å². The topological polar surface area (TPSA) is 55.1 Å². The van der Waals surface area contributed by atoms with E-state index in [9.17, 15) is 4.79 Å². The molecule has 0 saturated carbocycles. The maximum atomic E-state index is 11.8. The minimum Gasteiger partial charge on any atom is -0.347 e. The predicted molar refractivity (Wildman–Crippen MR) is 79.1 cm³/mol. The lowest BCUT2D eigenvalue weighted by Gasteiger charge is -2.15. The van der Waals surface area contributed by atoms with Crippen molar-refractivity contribution < 1.29 is 4.79 Å². The van der Waals surface area contributed by atoms with E-state index in [-0.39, 0.29) is 24.4 Å². The fraction of sp³-hybridized carbons (Fsp3) is 0.545. The van der Waals surface area contributed by atoms with Gasteiger partial charge in [0, 0.05) is 12.6 Å². The van der Waals surface area contributed by atoms with Crippen molar-refractivity contribution in [3.05, 3.63) is 20.8 Å². The van der Waals surface area contributed by atoms with Crippen LogP contribution in [0.1, 0.15) is 35.9 Å². The Bertz CT molecular complexity index is 346. The molecular formula is C11H18BrClN2OS. The molecule has 0 bridgehead atoms. The van der Waals surface area contributed by atoms with Crippen molar-refractivity contribution in [1.29, 1.82) is 0 Å². The molecule has 1 unspecified atom stereocenters. The number of unbranched alkanes of at least 4 members (excludes halogenated alkanes) is 1. The lowest BCUT2D eigenvalue weighted by atomic mass is 10.1. The van der Waals surface area contributed by atoms with Crippen LogP contribution in [0.5, 0.6) is 0 Å². The summed E-state index contributed by atoms with van der Waals surface area (Å²) in [6, 6.07) is 3.79. The molecule has 0 spiro atoms. The predicted octanol–water partition coefficient (Wildman–Crippen LogP) is 3.18. The Kier molecular flexibility index (Phi) is 8.86. The second-order valence-corrected chi connectivity index (χ2v) is 6.12. The zero-order chi connectivity index (χ0) is 12.0. The van der Waals surface area contributed by atoms with E-state index < -0.39 is 0 Å². The van der Waals surface area contributed by atoms with Gasteiger partial charge in [0.25, 0.3) is 5.91 Å². The van der Waals surface area contributed by atoms with Gasteiger partial charge in [0.2, 0.25) is 0 Å². The summed E-state index contributed by atoms with van der Waals surface area (Å²) in [6.07, 6.45) is 3.17. The van der Waals surface area contributed by atoms with Crippen LogP contribution in [-0.2, 0) is 0 Å². The molecule has 1 aromatic rings. The second-order valence-electron chi connectivity index (χ2n) is 3.65. The number of carbonyl (C=O) groups is 1. The molecule has 6 heteroatoms. The van der Waals surface area contributed by atoms with Crippen LogP contribution in [0.25, 0.3) is 0 Å². The van der Waals surface area contributed by atoms with Crippen LogP contribution in [0.4, 0.5) is 0 Å². The van der Waals surface area contributed by atoms with E-state index in [1.165, 1.54) is 11.3 Å². The van der Waals surface area contributed by atoms with Crippen LogP contribution in [0, 0.1) is 0 Å². The fourth-order valence-corrected chi connectivity index (χ4v) is 2.68. The Morgan fingerprint density at radius 2 is 2.29 bits per heavy atom. The van der Waals surface area contributed by atoms with Crippen molar-refractivity contribution >= 4 is 45.6 Å². The quantitative estimate of drug-likeness (QED) is 0.835. The third kappa shape index (κ3) is 5.86. The van der Waals surface area contributed by atoms with Gasteiger partial charge in [-0.2, -0.15) is 0 Å². The Labute approximate surface area is 121 Å². The van der Waals surface area contributed by atoms with E-state index in [4.69, 9.17) is 5.73 Å². The number of amides is 1. The monoisotopic (exact) mass is 340 g/mol. The van der Waals surface area contributed by atoms with Crippen LogP contribution in [-0.4, -0.2) is 18.5 Å². The molecule has 0 aliphatic carbocycles. The first-order valence-corrected chi connectivity index (χ1v) is 7.04. The van der Waals surface area contributed by atoms with Gasteiger partial charge >= 0.3 is 0 Å². The van der Waals surface area contributed by atoms with Gasteiger partial charge in [-0.25, -0.2) is 0 Å². The Morgan fingerprint density at radius 3 is 2.76 bits per heavy atom. The number of hydrogen-bond acceptors (Lipinski definition) is 3. The van der Waals surface area contributed by atoms with Gasteiger partial charge < -0.3 is 11.1 Å². The van der Waals surface area contributed by atoms with Gasteiger partial charge in [0.15, 0.2) is 0 Å². The highest BCUT2D eigenvalue weighted by atomic mass is 79.9. The molecule has 1 amide bonds. The Hall–Kier alpha value is -0.100. The summed E-state index contributed by atoms with van der Waals surface area (Å²) in [5.41, 5.74) is 5.62. The Balaban J connectivity index is 0.00000256. The SMILES string of the molecule is CCCCC(CN)NC(=O)c1ccc(Br)s1.Cl. The van der Waals surface area contributed by atoms with Crippen molar-refractivity contribution in [3.8, 4) is 0 Å². The van der Waals surface area contributed by atoms with E-state index in [0.717, 1.165) is 27.9 Å². The molecule has 1 aromatic heterocycles. The van der Waals surface area contributed by atoms with Crippen molar-refractivity contribution in [3.63, 3.8) is 0 Å². The van der Waals surface area contributed by atoms with Gasteiger partial charge in [-0.1, -0.05) is 19.8 Å². The second kappa shape index (κ2) is 8.91. The Morgan fingerprint density at radius 1 is 1.59 bits per heavy atom. The summed E-state index contributed by atoms with van der Waals surface area (Å²) in [5.74, 6) is -0.0257. The summed E-state index contributed by atoms with van der Waals surface area (Å²) >= 11 is 4.78. The van der Waals surface area contributed by atoms with Crippen molar-refractivity contribution in [1.82, 2.24) is 5.32 Å². The maximum absolute atomic E-state index is 11.8. The third-order valence-electron chi connectivity index (χ3n) is 2.32. The zero-order valence-corrected chi connectivity index (χ0v) is 13.0. The summed E-state index contributed by atoms with van der Waals surface area (Å²) < 4.78 is 0.968. The van der Waals surface area contributed by atoms with Crippen molar-refractivity contribution in [2.45, 2.75) is 32.2 Å². The molecule has 1 atom stereocenters. The van der Waals surface area contributed by atoms with Crippen LogP contribution < -0.4 is 11.1 Å². The number of rotatable bonds is 6. The first-order valence-electron chi connectivity index (χ1n) is 5.43. The average Bonchev–Trinajstić information content (AvgIpc) is 2.70. The average molecular weight is 342 g/mol. The van der Waals surface area contributed by atoms with E-state index in [2.05, 4.69) is 28.2 Å². The first-order chi connectivity index (χ1) is 7.67. The van der Waals surface area contributed by atoms with Gasteiger partial charge in [-0.3, -0.25) is 4.79 Å².